The van der Waals surface area contributed by atoms with E-state index < -0.39 is 0 Å². The summed E-state index contributed by atoms with van der Waals surface area (Å²) in [5, 5.41) is 0. The van der Waals surface area contributed by atoms with Gasteiger partial charge in [0.1, 0.15) is 0 Å². The standard InChI is InChI=1S/C7H9ClN2S/c8-7-10-3-6(11-7)5-1-4(5)2-9/h3-5H,1-2,9H2/t4-,5+/m0/s1. The van der Waals surface area contributed by atoms with Crippen LogP contribution in [-0.2, 0) is 0 Å². The van der Waals surface area contributed by atoms with E-state index in [9.17, 15) is 0 Å². The number of hydrogen-bond acceptors (Lipinski definition) is 3. The van der Waals surface area contributed by atoms with Gasteiger partial charge in [-0.3, -0.25) is 0 Å². The maximum absolute atomic E-state index is 5.70. The lowest BCUT2D eigenvalue weighted by Gasteiger charge is -1.89. The fraction of sp³-hybridized carbons (Fsp3) is 0.571. The van der Waals surface area contributed by atoms with Gasteiger partial charge in [-0.2, -0.15) is 0 Å². The largest absolute Gasteiger partial charge is 0.330 e. The quantitative estimate of drug-likeness (QED) is 0.770. The number of rotatable bonds is 2. The number of aromatic nitrogens is 1. The molecule has 1 heterocycles. The molecule has 1 aromatic rings. The van der Waals surface area contributed by atoms with Crippen LogP contribution in [0.5, 0.6) is 0 Å². The highest BCUT2D eigenvalue weighted by atomic mass is 35.5. The first kappa shape index (κ1) is 7.53. The molecule has 1 aliphatic carbocycles. The summed E-state index contributed by atoms with van der Waals surface area (Å²) in [6.45, 7) is 0.792. The molecule has 0 radical (unpaired) electrons. The van der Waals surface area contributed by atoms with E-state index in [0.717, 1.165) is 6.54 Å². The third-order valence-corrected chi connectivity index (χ3v) is 3.33. The van der Waals surface area contributed by atoms with Gasteiger partial charge in [-0.05, 0) is 24.8 Å². The van der Waals surface area contributed by atoms with Crippen LogP contribution >= 0.6 is 22.9 Å². The molecule has 2 atom stereocenters. The predicted molar refractivity (Wildman–Crippen MR) is 47.0 cm³/mol. The van der Waals surface area contributed by atoms with Crippen LogP contribution in [0.4, 0.5) is 0 Å². The second-order valence-electron chi connectivity index (χ2n) is 2.85. The monoisotopic (exact) mass is 188 g/mol. The summed E-state index contributed by atoms with van der Waals surface area (Å²) in [6, 6.07) is 0. The topological polar surface area (TPSA) is 38.9 Å². The van der Waals surface area contributed by atoms with Gasteiger partial charge < -0.3 is 5.73 Å². The van der Waals surface area contributed by atoms with Crippen LogP contribution in [0.3, 0.4) is 0 Å². The maximum atomic E-state index is 5.70. The molecule has 11 heavy (non-hydrogen) atoms. The molecule has 0 spiro atoms. The van der Waals surface area contributed by atoms with Crippen molar-refractivity contribution in [3.8, 4) is 0 Å². The Hall–Kier alpha value is -0.120. The Morgan fingerprint density at radius 3 is 3.09 bits per heavy atom. The molecule has 4 heteroatoms. The van der Waals surface area contributed by atoms with Gasteiger partial charge in [0.05, 0.1) is 0 Å². The second-order valence-corrected chi connectivity index (χ2v) is 4.50. The van der Waals surface area contributed by atoms with E-state index >= 15 is 0 Å². The molecule has 0 aromatic carbocycles. The van der Waals surface area contributed by atoms with Crippen molar-refractivity contribution in [3.05, 3.63) is 15.5 Å². The molecule has 1 aliphatic rings. The van der Waals surface area contributed by atoms with Gasteiger partial charge in [0.15, 0.2) is 4.47 Å². The molecule has 2 N–H and O–H groups in total. The van der Waals surface area contributed by atoms with E-state index in [4.69, 9.17) is 17.3 Å². The number of thiazole rings is 1. The third-order valence-electron chi connectivity index (χ3n) is 2.09. The summed E-state index contributed by atoms with van der Waals surface area (Å²) in [4.78, 5) is 5.29. The van der Waals surface area contributed by atoms with Crippen LogP contribution in [0.25, 0.3) is 0 Å². The molecule has 1 fully saturated rings. The van der Waals surface area contributed by atoms with Crippen LogP contribution in [0.1, 0.15) is 17.2 Å². The van der Waals surface area contributed by atoms with E-state index in [-0.39, 0.29) is 0 Å². The van der Waals surface area contributed by atoms with E-state index in [1.165, 1.54) is 11.3 Å². The molecule has 0 saturated heterocycles. The van der Waals surface area contributed by atoms with Crippen molar-refractivity contribution >= 4 is 22.9 Å². The molecule has 60 valence electrons. The maximum Gasteiger partial charge on any atom is 0.183 e. The Bertz CT molecular complexity index is 261. The average Bonchev–Trinajstić information content (AvgIpc) is 2.68. The minimum atomic E-state index is 0.641. The summed E-state index contributed by atoms with van der Waals surface area (Å²) in [5.74, 6) is 1.34. The smallest absolute Gasteiger partial charge is 0.183 e. The van der Waals surface area contributed by atoms with E-state index in [2.05, 4.69) is 4.98 Å². The van der Waals surface area contributed by atoms with Gasteiger partial charge in [-0.1, -0.05) is 11.6 Å². The van der Waals surface area contributed by atoms with Gasteiger partial charge in [0.25, 0.3) is 0 Å². The zero-order valence-electron chi connectivity index (χ0n) is 5.96. The predicted octanol–water partition coefficient (Wildman–Crippen LogP) is 1.86. The third kappa shape index (κ3) is 1.41. The van der Waals surface area contributed by atoms with E-state index in [1.807, 2.05) is 6.20 Å². The highest BCUT2D eigenvalue weighted by molar-refractivity contribution is 7.15. The lowest BCUT2D eigenvalue weighted by atomic mass is 10.3. The van der Waals surface area contributed by atoms with Crippen molar-refractivity contribution in [2.45, 2.75) is 12.3 Å². The molecular weight excluding hydrogens is 180 g/mol. The van der Waals surface area contributed by atoms with Crippen LogP contribution < -0.4 is 5.73 Å². The Balaban J connectivity index is 2.08. The fourth-order valence-electron chi connectivity index (χ4n) is 1.29. The molecule has 2 nitrogen and oxygen atoms in total. The molecule has 0 bridgehead atoms. The molecule has 0 amide bonds. The van der Waals surface area contributed by atoms with Crippen molar-refractivity contribution in [1.29, 1.82) is 0 Å². The van der Waals surface area contributed by atoms with Crippen LogP contribution in [0.2, 0.25) is 4.47 Å². The zero-order valence-corrected chi connectivity index (χ0v) is 7.53. The first-order chi connectivity index (χ1) is 5.31. The Labute approximate surface area is 74.4 Å². The zero-order chi connectivity index (χ0) is 7.84. The average molecular weight is 189 g/mol. The van der Waals surface area contributed by atoms with Gasteiger partial charge >= 0.3 is 0 Å². The summed E-state index contributed by atoms with van der Waals surface area (Å²) < 4.78 is 0.641. The molecule has 2 rings (SSSR count). The number of hydrogen-bond donors (Lipinski definition) is 1. The SMILES string of the molecule is NC[C@@H]1C[C@H]1c1cnc(Cl)s1. The lowest BCUT2D eigenvalue weighted by Crippen LogP contribution is -2.01. The van der Waals surface area contributed by atoms with Gasteiger partial charge in [-0.25, -0.2) is 4.98 Å². The Morgan fingerprint density at radius 2 is 2.64 bits per heavy atom. The fourth-order valence-corrected chi connectivity index (χ4v) is 2.45. The first-order valence-corrected chi connectivity index (χ1v) is 4.82. The van der Waals surface area contributed by atoms with Crippen molar-refractivity contribution in [1.82, 2.24) is 4.98 Å². The molecular formula is C7H9ClN2S. The van der Waals surface area contributed by atoms with Gasteiger partial charge in [0, 0.05) is 11.1 Å². The van der Waals surface area contributed by atoms with E-state index in [1.54, 1.807) is 11.3 Å². The summed E-state index contributed by atoms with van der Waals surface area (Å²) in [7, 11) is 0. The number of nitrogens with zero attached hydrogens (tertiary/aromatic N) is 1. The first-order valence-electron chi connectivity index (χ1n) is 3.62. The van der Waals surface area contributed by atoms with Crippen LogP contribution in [0.15, 0.2) is 6.20 Å². The summed E-state index contributed by atoms with van der Waals surface area (Å²) >= 11 is 7.28. The number of nitrogens with two attached hydrogens (primary N) is 1. The van der Waals surface area contributed by atoms with Crippen molar-refractivity contribution < 1.29 is 0 Å². The minimum absolute atomic E-state index is 0.641. The van der Waals surface area contributed by atoms with Crippen molar-refractivity contribution in [3.63, 3.8) is 0 Å². The Morgan fingerprint density at radius 1 is 1.82 bits per heavy atom. The highest BCUT2D eigenvalue weighted by Gasteiger charge is 2.38. The van der Waals surface area contributed by atoms with E-state index in [0.29, 0.717) is 16.3 Å². The van der Waals surface area contributed by atoms with Crippen LogP contribution in [-0.4, -0.2) is 11.5 Å². The Kier molecular flexibility index (Phi) is 1.87. The van der Waals surface area contributed by atoms with Crippen LogP contribution in [0, 0.1) is 5.92 Å². The second kappa shape index (κ2) is 2.73. The normalized spacial score (nSPS) is 28.9. The summed E-state index contributed by atoms with van der Waals surface area (Å²) in [6.07, 6.45) is 3.09. The van der Waals surface area contributed by atoms with Crippen molar-refractivity contribution in [2.75, 3.05) is 6.54 Å². The highest BCUT2D eigenvalue weighted by Crippen LogP contribution is 2.48. The molecule has 0 unspecified atom stereocenters. The molecule has 1 saturated carbocycles. The molecule has 0 aliphatic heterocycles. The number of halogens is 1. The minimum Gasteiger partial charge on any atom is -0.330 e. The van der Waals surface area contributed by atoms with Gasteiger partial charge in [-0.15, -0.1) is 11.3 Å². The van der Waals surface area contributed by atoms with Gasteiger partial charge in [0.2, 0.25) is 0 Å². The molecule has 1 aromatic heterocycles. The lowest BCUT2D eigenvalue weighted by molar-refractivity contribution is 0.814. The van der Waals surface area contributed by atoms with Crippen molar-refractivity contribution in [2.24, 2.45) is 11.7 Å². The summed E-state index contributed by atoms with van der Waals surface area (Å²) in [5.41, 5.74) is 5.52.